The van der Waals surface area contributed by atoms with Crippen molar-refractivity contribution >= 4 is 5.91 Å². The summed E-state index contributed by atoms with van der Waals surface area (Å²) in [6.07, 6.45) is 0. The minimum atomic E-state index is -1.01. The molecule has 0 aliphatic rings. The smallest absolute Gasteiger partial charge is 0.257 e. The van der Waals surface area contributed by atoms with Crippen molar-refractivity contribution in [3.05, 3.63) is 29.6 Å². The van der Waals surface area contributed by atoms with Crippen LogP contribution < -0.4 is 4.74 Å². The number of carbonyl (C=O) groups is 1. The molecule has 0 heterocycles. The predicted molar refractivity (Wildman–Crippen MR) is 70.8 cm³/mol. The maximum Gasteiger partial charge on any atom is 0.257 e. The van der Waals surface area contributed by atoms with E-state index in [4.69, 9.17) is 4.74 Å². The Labute approximate surface area is 112 Å². The van der Waals surface area contributed by atoms with E-state index >= 15 is 0 Å². The van der Waals surface area contributed by atoms with Crippen molar-refractivity contribution in [1.82, 2.24) is 4.90 Å². The molecule has 0 aliphatic carbocycles. The molecular weight excluding hydrogens is 249 g/mol. The topological polar surface area (TPSA) is 49.8 Å². The van der Waals surface area contributed by atoms with Crippen molar-refractivity contribution in [2.45, 2.75) is 26.4 Å². The Hall–Kier alpha value is -1.62. The largest absolute Gasteiger partial charge is 0.490 e. The second kappa shape index (κ2) is 6.02. The van der Waals surface area contributed by atoms with Gasteiger partial charge in [0.15, 0.2) is 11.6 Å². The van der Waals surface area contributed by atoms with Crippen LogP contribution in [0.3, 0.4) is 0 Å². The van der Waals surface area contributed by atoms with Gasteiger partial charge in [-0.2, -0.15) is 0 Å². The third kappa shape index (κ3) is 4.21. The molecule has 0 radical (unpaired) electrons. The number of amides is 1. The van der Waals surface area contributed by atoms with Crippen LogP contribution in [0.25, 0.3) is 0 Å². The Bertz CT molecular complexity index is 454. The average molecular weight is 269 g/mol. The van der Waals surface area contributed by atoms with Gasteiger partial charge in [-0.25, -0.2) is 4.39 Å². The standard InChI is InChI=1S/C14H20FNO3/c1-5-19-12-10(7-6-8-11(12)15)13(17)16(4)9-14(2,3)18/h6-8,18H,5,9H2,1-4H3. The van der Waals surface area contributed by atoms with Crippen molar-refractivity contribution in [2.24, 2.45) is 0 Å². The van der Waals surface area contributed by atoms with Crippen molar-refractivity contribution in [3.63, 3.8) is 0 Å². The number of carbonyl (C=O) groups excluding carboxylic acids is 1. The molecule has 1 aromatic rings. The first-order valence-corrected chi connectivity index (χ1v) is 6.15. The Morgan fingerprint density at radius 2 is 2.11 bits per heavy atom. The Morgan fingerprint density at radius 3 is 2.63 bits per heavy atom. The van der Waals surface area contributed by atoms with Gasteiger partial charge in [-0.3, -0.25) is 4.79 Å². The van der Waals surface area contributed by atoms with Crippen molar-refractivity contribution in [1.29, 1.82) is 0 Å². The van der Waals surface area contributed by atoms with E-state index < -0.39 is 11.4 Å². The summed E-state index contributed by atoms with van der Waals surface area (Å²) in [6, 6.07) is 4.22. The first-order chi connectivity index (χ1) is 8.76. The van der Waals surface area contributed by atoms with Gasteiger partial charge in [-0.15, -0.1) is 0 Å². The van der Waals surface area contributed by atoms with Crippen LogP contribution >= 0.6 is 0 Å². The minimum absolute atomic E-state index is 0.0439. The zero-order chi connectivity index (χ0) is 14.6. The molecule has 0 unspecified atom stereocenters. The summed E-state index contributed by atoms with van der Waals surface area (Å²) >= 11 is 0. The van der Waals surface area contributed by atoms with Gasteiger partial charge in [0.2, 0.25) is 0 Å². The highest BCUT2D eigenvalue weighted by atomic mass is 19.1. The third-order valence-corrected chi connectivity index (χ3v) is 2.46. The summed E-state index contributed by atoms with van der Waals surface area (Å²) in [6.45, 7) is 5.35. The lowest BCUT2D eigenvalue weighted by Crippen LogP contribution is -2.39. The number of nitrogens with zero attached hydrogens (tertiary/aromatic N) is 1. The van der Waals surface area contributed by atoms with Crippen molar-refractivity contribution in [3.8, 4) is 5.75 Å². The fourth-order valence-electron chi connectivity index (χ4n) is 1.83. The molecule has 0 spiro atoms. The second-order valence-corrected chi connectivity index (χ2v) is 5.02. The van der Waals surface area contributed by atoms with Gasteiger partial charge in [0.25, 0.3) is 5.91 Å². The van der Waals surface area contributed by atoms with Crippen LogP contribution in [0, 0.1) is 5.82 Å². The number of aliphatic hydroxyl groups is 1. The maximum absolute atomic E-state index is 13.7. The Balaban J connectivity index is 3.02. The molecule has 0 saturated carbocycles. The number of ether oxygens (including phenoxy) is 1. The molecule has 0 bridgehead atoms. The van der Waals surface area contributed by atoms with Gasteiger partial charge in [0.1, 0.15) is 0 Å². The number of likely N-dealkylation sites (N-methyl/N-ethyl adjacent to an activating group) is 1. The van der Waals surface area contributed by atoms with Crippen LogP contribution in [0.1, 0.15) is 31.1 Å². The molecular formula is C14H20FNO3. The lowest BCUT2D eigenvalue weighted by atomic mass is 10.1. The van der Waals surface area contributed by atoms with Crippen LogP contribution in [-0.2, 0) is 0 Å². The number of halogens is 1. The summed E-state index contributed by atoms with van der Waals surface area (Å²) in [5.41, 5.74) is -0.850. The molecule has 1 amide bonds. The van der Waals surface area contributed by atoms with Gasteiger partial charge in [0, 0.05) is 13.6 Å². The fraction of sp³-hybridized carbons (Fsp3) is 0.500. The highest BCUT2D eigenvalue weighted by molar-refractivity contribution is 5.96. The molecule has 0 saturated heterocycles. The number of hydrogen-bond donors (Lipinski definition) is 1. The first kappa shape index (κ1) is 15.4. The van der Waals surface area contributed by atoms with Crippen LogP contribution in [0.2, 0.25) is 0 Å². The van der Waals surface area contributed by atoms with Crippen LogP contribution in [0.5, 0.6) is 5.75 Å². The minimum Gasteiger partial charge on any atom is -0.490 e. The van der Waals surface area contributed by atoms with Gasteiger partial charge in [0.05, 0.1) is 17.8 Å². The van der Waals surface area contributed by atoms with E-state index in [2.05, 4.69) is 0 Å². The second-order valence-electron chi connectivity index (χ2n) is 5.02. The number of para-hydroxylation sites is 1. The van der Waals surface area contributed by atoms with E-state index in [0.29, 0.717) is 0 Å². The van der Waals surface area contributed by atoms with Crippen LogP contribution in [-0.4, -0.2) is 41.7 Å². The third-order valence-electron chi connectivity index (χ3n) is 2.46. The van der Waals surface area contributed by atoms with E-state index in [0.717, 1.165) is 0 Å². The zero-order valence-electron chi connectivity index (χ0n) is 11.7. The molecule has 19 heavy (non-hydrogen) atoms. The summed E-state index contributed by atoms with van der Waals surface area (Å²) in [5.74, 6) is -0.993. The monoisotopic (exact) mass is 269 g/mol. The Morgan fingerprint density at radius 1 is 1.47 bits per heavy atom. The molecule has 5 heteroatoms. The number of benzene rings is 1. The van der Waals surface area contributed by atoms with E-state index in [1.54, 1.807) is 27.8 Å². The van der Waals surface area contributed by atoms with E-state index in [1.807, 2.05) is 0 Å². The van der Waals surface area contributed by atoms with Gasteiger partial charge in [-0.05, 0) is 32.9 Å². The molecule has 1 aromatic carbocycles. The van der Waals surface area contributed by atoms with Gasteiger partial charge >= 0.3 is 0 Å². The normalized spacial score (nSPS) is 11.3. The lowest BCUT2D eigenvalue weighted by molar-refractivity contribution is 0.0365. The van der Waals surface area contributed by atoms with E-state index in [-0.39, 0.29) is 30.4 Å². The van der Waals surface area contributed by atoms with Crippen molar-refractivity contribution < 1.29 is 19.0 Å². The average Bonchev–Trinajstić information content (AvgIpc) is 2.29. The summed E-state index contributed by atoms with van der Waals surface area (Å²) in [4.78, 5) is 13.6. The van der Waals surface area contributed by atoms with E-state index in [9.17, 15) is 14.3 Å². The highest BCUT2D eigenvalue weighted by Crippen LogP contribution is 2.24. The highest BCUT2D eigenvalue weighted by Gasteiger charge is 2.23. The molecule has 0 aliphatic heterocycles. The first-order valence-electron chi connectivity index (χ1n) is 6.15. The molecule has 1 N–H and O–H groups in total. The molecule has 4 nitrogen and oxygen atoms in total. The maximum atomic E-state index is 13.7. The SMILES string of the molecule is CCOc1c(F)cccc1C(=O)N(C)CC(C)(C)O. The lowest BCUT2D eigenvalue weighted by Gasteiger charge is -2.26. The molecule has 0 atom stereocenters. The number of rotatable bonds is 5. The zero-order valence-corrected chi connectivity index (χ0v) is 11.7. The fourth-order valence-corrected chi connectivity index (χ4v) is 1.83. The van der Waals surface area contributed by atoms with E-state index in [1.165, 1.54) is 23.1 Å². The van der Waals surface area contributed by atoms with Gasteiger partial charge in [-0.1, -0.05) is 6.07 Å². The molecule has 1 rings (SSSR count). The van der Waals surface area contributed by atoms with Crippen LogP contribution in [0.4, 0.5) is 4.39 Å². The summed E-state index contributed by atoms with van der Waals surface area (Å²) in [5, 5.41) is 9.71. The van der Waals surface area contributed by atoms with Gasteiger partial charge < -0.3 is 14.7 Å². The van der Waals surface area contributed by atoms with Crippen molar-refractivity contribution in [2.75, 3.05) is 20.2 Å². The molecule has 106 valence electrons. The summed E-state index contributed by atoms with van der Waals surface area (Å²) < 4.78 is 18.8. The molecule has 0 aromatic heterocycles. The predicted octanol–water partition coefficient (Wildman–Crippen LogP) is 2.07. The quantitative estimate of drug-likeness (QED) is 0.890. The summed E-state index contributed by atoms with van der Waals surface area (Å²) in [7, 11) is 1.56. The Kier molecular flexibility index (Phi) is 4.89. The number of hydrogen-bond acceptors (Lipinski definition) is 3. The van der Waals surface area contributed by atoms with Crippen LogP contribution in [0.15, 0.2) is 18.2 Å². The molecule has 0 fully saturated rings.